The molecule has 0 rings (SSSR count). The second-order valence-corrected chi connectivity index (χ2v) is 1.97. The van der Waals surface area contributed by atoms with Crippen LogP contribution in [0, 0.1) is 0 Å². The summed E-state index contributed by atoms with van der Waals surface area (Å²) in [5.41, 5.74) is 5.34. The maximum Gasteiger partial charge on any atom is 0.330 e. The highest BCUT2D eigenvalue weighted by molar-refractivity contribution is 5.81. The molecule has 0 aliphatic carbocycles. The number of carbonyl (C=O) groups is 1. The second kappa shape index (κ2) is 4.99. The van der Waals surface area contributed by atoms with Gasteiger partial charge in [0.1, 0.15) is 0 Å². The first kappa shape index (κ1) is 9.17. The second-order valence-electron chi connectivity index (χ2n) is 1.97. The van der Waals surface area contributed by atoms with E-state index in [0.717, 1.165) is 0 Å². The summed E-state index contributed by atoms with van der Waals surface area (Å²) in [4.78, 5) is 10.6. The number of rotatable bonds is 3. The summed E-state index contributed by atoms with van der Waals surface area (Å²) < 4.78 is 4.61. The van der Waals surface area contributed by atoms with Crippen molar-refractivity contribution in [3.8, 4) is 0 Å². The molecule has 0 aliphatic heterocycles. The van der Waals surface area contributed by atoms with Gasteiger partial charge in [-0.25, -0.2) is 4.79 Å². The molecule has 0 aromatic rings. The maximum atomic E-state index is 10.6. The first-order chi connectivity index (χ1) is 4.66. The highest BCUT2D eigenvalue weighted by atomic mass is 16.5. The van der Waals surface area contributed by atoms with Gasteiger partial charge in [0.05, 0.1) is 6.61 Å². The Bertz CT molecular complexity index is 130. The van der Waals surface area contributed by atoms with Crippen molar-refractivity contribution in [2.24, 2.45) is 5.73 Å². The number of esters is 1. The molecule has 2 N–H and O–H groups in total. The fourth-order valence-electron chi connectivity index (χ4n) is 0.421. The maximum absolute atomic E-state index is 10.6. The summed E-state index contributed by atoms with van der Waals surface area (Å²) in [6.45, 7) is 3.95. The molecule has 3 heteroatoms. The Balaban J connectivity index is 3.56. The lowest BCUT2D eigenvalue weighted by Crippen LogP contribution is -2.11. The van der Waals surface area contributed by atoms with Crippen molar-refractivity contribution in [2.45, 2.75) is 19.9 Å². The normalized spacial score (nSPS) is 13.5. The molecular formula is C7H13NO2. The molecule has 0 fully saturated rings. The fraction of sp³-hybridized carbons (Fsp3) is 0.571. The molecule has 3 nitrogen and oxygen atoms in total. The summed E-state index contributed by atoms with van der Waals surface area (Å²) in [7, 11) is 0. The molecule has 0 aromatic carbocycles. The standard InChI is InChI=1S/C7H13NO2/c1-3-10-7(9)5-4-6(2)8/h4-6H,3,8H2,1-2H3/b5-4+/t6-/m1/s1. The molecule has 0 heterocycles. The van der Waals surface area contributed by atoms with E-state index < -0.39 is 0 Å². The summed E-state index contributed by atoms with van der Waals surface area (Å²) in [5.74, 6) is -0.334. The van der Waals surface area contributed by atoms with Crippen molar-refractivity contribution < 1.29 is 9.53 Å². The Morgan fingerprint density at radius 3 is 2.80 bits per heavy atom. The molecule has 0 radical (unpaired) electrons. The zero-order chi connectivity index (χ0) is 7.98. The van der Waals surface area contributed by atoms with Crippen molar-refractivity contribution in [1.82, 2.24) is 0 Å². The van der Waals surface area contributed by atoms with Crippen molar-refractivity contribution in [2.75, 3.05) is 6.61 Å². The van der Waals surface area contributed by atoms with E-state index in [9.17, 15) is 4.79 Å². The van der Waals surface area contributed by atoms with E-state index in [1.165, 1.54) is 6.08 Å². The van der Waals surface area contributed by atoms with Crippen molar-refractivity contribution in [3.05, 3.63) is 12.2 Å². The van der Waals surface area contributed by atoms with Crippen molar-refractivity contribution in [3.63, 3.8) is 0 Å². The van der Waals surface area contributed by atoms with Gasteiger partial charge in [-0.3, -0.25) is 0 Å². The number of hydrogen-bond acceptors (Lipinski definition) is 3. The molecular weight excluding hydrogens is 130 g/mol. The third-order valence-electron chi connectivity index (χ3n) is 0.822. The molecule has 0 spiro atoms. The zero-order valence-electron chi connectivity index (χ0n) is 6.33. The predicted molar refractivity (Wildman–Crippen MR) is 39.4 cm³/mol. The van der Waals surface area contributed by atoms with Gasteiger partial charge >= 0.3 is 5.97 Å². The van der Waals surface area contributed by atoms with Crippen LogP contribution in [0.15, 0.2) is 12.2 Å². The Kier molecular flexibility index (Phi) is 4.58. The molecule has 0 amide bonds. The summed E-state index contributed by atoms with van der Waals surface area (Å²) in [6.07, 6.45) is 2.94. The molecule has 0 aromatic heterocycles. The Morgan fingerprint density at radius 1 is 1.80 bits per heavy atom. The van der Waals surface area contributed by atoms with Gasteiger partial charge in [0.25, 0.3) is 0 Å². The number of hydrogen-bond donors (Lipinski definition) is 1. The van der Waals surface area contributed by atoms with Crippen LogP contribution in [0.25, 0.3) is 0 Å². The molecule has 58 valence electrons. The summed E-state index contributed by atoms with van der Waals surface area (Å²) in [6, 6.07) is -0.0931. The van der Waals surface area contributed by atoms with E-state index >= 15 is 0 Å². The largest absolute Gasteiger partial charge is 0.463 e. The van der Waals surface area contributed by atoms with Crippen molar-refractivity contribution >= 4 is 5.97 Å². The van der Waals surface area contributed by atoms with Crippen LogP contribution in [-0.4, -0.2) is 18.6 Å². The quantitative estimate of drug-likeness (QED) is 0.461. The van der Waals surface area contributed by atoms with Gasteiger partial charge in [-0.1, -0.05) is 6.08 Å². The SMILES string of the molecule is CCOC(=O)/C=C/[C@@H](C)N. The summed E-state index contributed by atoms with van der Waals surface area (Å²) >= 11 is 0. The smallest absolute Gasteiger partial charge is 0.330 e. The molecule has 0 aliphatic rings. The van der Waals surface area contributed by atoms with E-state index in [2.05, 4.69) is 4.74 Å². The first-order valence-electron chi connectivity index (χ1n) is 3.27. The van der Waals surface area contributed by atoms with Crippen LogP contribution in [-0.2, 0) is 9.53 Å². The van der Waals surface area contributed by atoms with Crippen LogP contribution in [0.4, 0.5) is 0 Å². The van der Waals surface area contributed by atoms with Crippen LogP contribution in [0.1, 0.15) is 13.8 Å². The zero-order valence-corrected chi connectivity index (χ0v) is 6.33. The van der Waals surface area contributed by atoms with Gasteiger partial charge in [-0.2, -0.15) is 0 Å². The van der Waals surface area contributed by atoms with Gasteiger partial charge < -0.3 is 10.5 Å². The fourth-order valence-corrected chi connectivity index (χ4v) is 0.421. The Hall–Kier alpha value is -0.830. The molecule has 0 saturated carbocycles. The van der Waals surface area contributed by atoms with E-state index in [1.54, 1.807) is 19.9 Å². The van der Waals surface area contributed by atoms with E-state index in [-0.39, 0.29) is 12.0 Å². The van der Waals surface area contributed by atoms with Gasteiger partial charge in [0.2, 0.25) is 0 Å². The van der Waals surface area contributed by atoms with Crippen molar-refractivity contribution in [1.29, 1.82) is 0 Å². The van der Waals surface area contributed by atoms with Crippen LogP contribution in [0.3, 0.4) is 0 Å². The number of carbonyl (C=O) groups excluding carboxylic acids is 1. The van der Waals surface area contributed by atoms with Gasteiger partial charge in [0.15, 0.2) is 0 Å². The number of ether oxygens (including phenoxy) is 1. The minimum atomic E-state index is -0.334. The Labute approximate surface area is 60.9 Å². The third-order valence-corrected chi connectivity index (χ3v) is 0.822. The topological polar surface area (TPSA) is 52.3 Å². The van der Waals surface area contributed by atoms with E-state index in [4.69, 9.17) is 5.73 Å². The molecule has 0 saturated heterocycles. The number of nitrogens with two attached hydrogens (primary N) is 1. The van der Waals surface area contributed by atoms with Gasteiger partial charge in [-0.15, -0.1) is 0 Å². The monoisotopic (exact) mass is 143 g/mol. The highest BCUT2D eigenvalue weighted by Crippen LogP contribution is 1.83. The van der Waals surface area contributed by atoms with Crippen LogP contribution in [0.2, 0.25) is 0 Å². The molecule has 0 bridgehead atoms. The van der Waals surface area contributed by atoms with Crippen LogP contribution < -0.4 is 5.73 Å². The average Bonchev–Trinajstić information content (AvgIpc) is 1.85. The van der Waals surface area contributed by atoms with E-state index in [1.807, 2.05) is 0 Å². The third kappa shape index (κ3) is 5.31. The van der Waals surface area contributed by atoms with Crippen LogP contribution in [0.5, 0.6) is 0 Å². The average molecular weight is 143 g/mol. The minimum absolute atomic E-state index is 0.0931. The lowest BCUT2D eigenvalue weighted by molar-refractivity contribution is -0.137. The summed E-state index contributed by atoms with van der Waals surface area (Å²) in [5, 5.41) is 0. The van der Waals surface area contributed by atoms with Gasteiger partial charge in [0, 0.05) is 12.1 Å². The minimum Gasteiger partial charge on any atom is -0.463 e. The van der Waals surface area contributed by atoms with Crippen LogP contribution >= 0.6 is 0 Å². The Morgan fingerprint density at radius 2 is 2.40 bits per heavy atom. The molecule has 10 heavy (non-hydrogen) atoms. The van der Waals surface area contributed by atoms with E-state index in [0.29, 0.717) is 6.61 Å². The highest BCUT2D eigenvalue weighted by Gasteiger charge is 1.92. The molecule has 1 atom stereocenters. The first-order valence-corrected chi connectivity index (χ1v) is 3.27. The predicted octanol–water partition coefficient (Wildman–Crippen LogP) is 0.453. The lowest BCUT2D eigenvalue weighted by atomic mass is 10.3. The van der Waals surface area contributed by atoms with Gasteiger partial charge in [-0.05, 0) is 13.8 Å². The lowest BCUT2D eigenvalue weighted by Gasteiger charge is -1.95. The molecule has 0 unspecified atom stereocenters.